The molecule has 4 nitrogen and oxygen atoms in total. The number of aryl methyl sites for hydroxylation is 1. The summed E-state index contributed by atoms with van der Waals surface area (Å²) in [6, 6.07) is 5.23. The van der Waals surface area contributed by atoms with E-state index >= 15 is 0 Å². The lowest BCUT2D eigenvalue weighted by atomic mass is 10.2. The molecule has 1 aromatic rings. The van der Waals surface area contributed by atoms with Crippen molar-refractivity contribution in [2.45, 2.75) is 24.3 Å². The van der Waals surface area contributed by atoms with Crippen molar-refractivity contribution in [1.29, 1.82) is 0 Å². The van der Waals surface area contributed by atoms with Gasteiger partial charge in [-0.3, -0.25) is 0 Å². The molecular weight excluding hydrogens is 304 g/mol. The predicted octanol–water partition coefficient (Wildman–Crippen LogP) is 1.40. The van der Waals surface area contributed by atoms with E-state index in [9.17, 15) is 8.42 Å². The van der Waals surface area contributed by atoms with Gasteiger partial charge in [0.2, 0.25) is 10.0 Å². The van der Waals surface area contributed by atoms with Crippen LogP contribution in [0.1, 0.15) is 12.0 Å². The van der Waals surface area contributed by atoms with Crippen LogP contribution in [0.15, 0.2) is 27.6 Å². The van der Waals surface area contributed by atoms with Gasteiger partial charge in [-0.1, -0.05) is 6.07 Å². The topological polar surface area (TPSA) is 58.2 Å². The van der Waals surface area contributed by atoms with Crippen LogP contribution >= 0.6 is 15.9 Å². The van der Waals surface area contributed by atoms with Gasteiger partial charge in [-0.15, -0.1) is 0 Å². The van der Waals surface area contributed by atoms with Gasteiger partial charge in [-0.25, -0.2) is 13.1 Å². The van der Waals surface area contributed by atoms with Crippen molar-refractivity contribution in [2.24, 2.45) is 0 Å². The van der Waals surface area contributed by atoms with Crippen LogP contribution in [-0.2, 0) is 10.0 Å². The minimum absolute atomic E-state index is 0.00629. The molecule has 0 amide bonds. The third-order valence-corrected chi connectivity index (χ3v) is 5.26. The van der Waals surface area contributed by atoms with E-state index in [4.69, 9.17) is 0 Å². The maximum absolute atomic E-state index is 12.2. The molecule has 94 valence electrons. The summed E-state index contributed by atoms with van der Waals surface area (Å²) >= 11 is 3.30. The van der Waals surface area contributed by atoms with E-state index in [-0.39, 0.29) is 6.04 Å². The number of halogens is 1. The van der Waals surface area contributed by atoms with Crippen LogP contribution < -0.4 is 10.0 Å². The molecule has 6 heteroatoms. The maximum atomic E-state index is 12.2. The Balaban J connectivity index is 2.24. The number of nitrogens with one attached hydrogen (secondary N) is 2. The van der Waals surface area contributed by atoms with Crippen LogP contribution in [0.5, 0.6) is 0 Å². The molecule has 0 radical (unpaired) electrons. The molecular formula is C11H15BrN2O2S. The van der Waals surface area contributed by atoms with Crippen molar-refractivity contribution < 1.29 is 8.42 Å². The SMILES string of the molecule is Cc1ccc(S(=O)(=O)NC2CCNC2)c(Br)c1. The lowest BCUT2D eigenvalue weighted by Gasteiger charge is -2.13. The summed E-state index contributed by atoms with van der Waals surface area (Å²) in [6.45, 7) is 3.49. The lowest BCUT2D eigenvalue weighted by Crippen LogP contribution is -2.36. The van der Waals surface area contributed by atoms with Gasteiger partial charge in [0.15, 0.2) is 0 Å². The summed E-state index contributed by atoms with van der Waals surface area (Å²) in [4.78, 5) is 0.301. The Hall–Kier alpha value is -0.430. The Morgan fingerprint density at radius 1 is 1.47 bits per heavy atom. The van der Waals surface area contributed by atoms with Crippen molar-refractivity contribution in [3.05, 3.63) is 28.2 Å². The maximum Gasteiger partial charge on any atom is 0.241 e. The minimum atomic E-state index is -3.43. The monoisotopic (exact) mass is 318 g/mol. The van der Waals surface area contributed by atoms with Gasteiger partial charge >= 0.3 is 0 Å². The van der Waals surface area contributed by atoms with Gasteiger partial charge in [-0.05, 0) is 53.5 Å². The molecule has 0 aliphatic carbocycles. The van der Waals surface area contributed by atoms with Crippen LogP contribution in [-0.4, -0.2) is 27.5 Å². The summed E-state index contributed by atoms with van der Waals surface area (Å²) in [5.41, 5.74) is 1.03. The van der Waals surface area contributed by atoms with Crippen LogP contribution in [0.2, 0.25) is 0 Å². The van der Waals surface area contributed by atoms with Gasteiger partial charge in [0.25, 0.3) is 0 Å². The zero-order valence-corrected chi connectivity index (χ0v) is 11.9. The molecule has 1 saturated heterocycles. The number of sulfonamides is 1. The van der Waals surface area contributed by atoms with E-state index in [1.807, 2.05) is 13.0 Å². The standard InChI is InChI=1S/C11H15BrN2O2S/c1-8-2-3-11(10(12)6-8)17(15,16)14-9-4-5-13-7-9/h2-3,6,9,13-14H,4-5,7H2,1H3. The van der Waals surface area contributed by atoms with E-state index in [0.29, 0.717) is 15.9 Å². The highest BCUT2D eigenvalue weighted by Crippen LogP contribution is 2.23. The van der Waals surface area contributed by atoms with Crippen LogP contribution in [0.25, 0.3) is 0 Å². The Morgan fingerprint density at radius 2 is 2.24 bits per heavy atom. The Kier molecular flexibility index (Phi) is 3.87. The first kappa shape index (κ1) is 13.0. The highest BCUT2D eigenvalue weighted by molar-refractivity contribution is 9.10. The summed E-state index contributed by atoms with van der Waals surface area (Å²) in [7, 11) is -3.43. The van der Waals surface area contributed by atoms with E-state index in [1.165, 1.54) is 0 Å². The van der Waals surface area contributed by atoms with Crippen molar-refractivity contribution in [3.63, 3.8) is 0 Å². The zero-order valence-electron chi connectivity index (χ0n) is 9.53. The van der Waals surface area contributed by atoms with Crippen molar-refractivity contribution >= 4 is 26.0 Å². The molecule has 2 rings (SSSR count). The smallest absolute Gasteiger partial charge is 0.241 e. The molecule has 0 bridgehead atoms. The first-order chi connectivity index (χ1) is 7.99. The summed E-state index contributed by atoms with van der Waals surface area (Å²) in [5.74, 6) is 0. The van der Waals surface area contributed by atoms with Gasteiger partial charge in [-0.2, -0.15) is 0 Å². The van der Waals surface area contributed by atoms with E-state index in [1.54, 1.807) is 12.1 Å². The highest BCUT2D eigenvalue weighted by Gasteiger charge is 2.24. The summed E-state index contributed by atoms with van der Waals surface area (Å²) < 4.78 is 27.6. The third-order valence-electron chi connectivity index (χ3n) is 2.76. The number of benzene rings is 1. The Morgan fingerprint density at radius 3 is 2.82 bits per heavy atom. The van der Waals surface area contributed by atoms with Gasteiger partial charge < -0.3 is 5.32 Å². The first-order valence-electron chi connectivity index (χ1n) is 5.48. The average Bonchev–Trinajstić information content (AvgIpc) is 2.68. The third kappa shape index (κ3) is 3.07. The second-order valence-corrected chi connectivity index (χ2v) is 6.78. The van der Waals surface area contributed by atoms with Crippen LogP contribution in [0.4, 0.5) is 0 Å². The molecule has 1 aliphatic heterocycles. The quantitative estimate of drug-likeness (QED) is 0.885. The fraction of sp³-hybridized carbons (Fsp3) is 0.455. The molecule has 0 saturated carbocycles. The molecule has 1 heterocycles. The normalized spacial score (nSPS) is 20.7. The molecule has 1 atom stereocenters. The van der Waals surface area contributed by atoms with Crippen molar-refractivity contribution in [1.82, 2.24) is 10.0 Å². The molecule has 1 aliphatic rings. The van der Waals surface area contributed by atoms with E-state index in [2.05, 4.69) is 26.0 Å². The van der Waals surface area contributed by atoms with Crippen LogP contribution in [0, 0.1) is 6.92 Å². The zero-order chi connectivity index (χ0) is 12.5. The van der Waals surface area contributed by atoms with Crippen molar-refractivity contribution in [3.8, 4) is 0 Å². The fourth-order valence-electron chi connectivity index (χ4n) is 1.86. The van der Waals surface area contributed by atoms with Gasteiger partial charge in [0.05, 0.1) is 4.90 Å². The first-order valence-corrected chi connectivity index (χ1v) is 7.76. The summed E-state index contributed by atoms with van der Waals surface area (Å²) in [5, 5.41) is 3.13. The Labute approximate surface area is 110 Å². The average molecular weight is 319 g/mol. The molecule has 1 aromatic carbocycles. The molecule has 17 heavy (non-hydrogen) atoms. The molecule has 2 N–H and O–H groups in total. The highest BCUT2D eigenvalue weighted by atomic mass is 79.9. The van der Waals surface area contributed by atoms with Gasteiger partial charge in [0, 0.05) is 17.1 Å². The molecule has 0 spiro atoms. The van der Waals surface area contributed by atoms with Gasteiger partial charge in [0.1, 0.15) is 0 Å². The number of rotatable bonds is 3. The largest absolute Gasteiger partial charge is 0.315 e. The summed E-state index contributed by atoms with van der Waals surface area (Å²) in [6.07, 6.45) is 0.836. The molecule has 0 aromatic heterocycles. The second kappa shape index (κ2) is 5.06. The van der Waals surface area contributed by atoms with Crippen molar-refractivity contribution in [2.75, 3.05) is 13.1 Å². The van der Waals surface area contributed by atoms with Crippen LogP contribution in [0.3, 0.4) is 0 Å². The number of hydrogen-bond donors (Lipinski definition) is 2. The predicted molar refractivity (Wildman–Crippen MR) is 70.5 cm³/mol. The number of hydrogen-bond acceptors (Lipinski definition) is 3. The minimum Gasteiger partial charge on any atom is -0.315 e. The van der Waals surface area contributed by atoms with E-state index < -0.39 is 10.0 Å². The lowest BCUT2D eigenvalue weighted by molar-refractivity contribution is 0.559. The molecule has 1 unspecified atom stereocenters. The fourth-order valence-corrected chi connectivity index (χ4v) is 4.32. The second-order valence-electron chi connectivity index (χ2n) is 4.24. The molecule has 1 fully saturated rings. The van der Waals surface area contributed by atoms with E-state index in [0.717, 1.165) is 18.5 Å². The Bertz CT molecular complexity index is 510.